The van der Waals surface area contributed by atoms with Gasteiger partial charge in [0.05, 0.1) is 18.2 Å². The third-order valence-electron chi connectivity index (χ3n) is 1.07. The maximum Gasteiger partial charge on any atom is 0.0924 e. The van der Waals surface area contributed by atoms with Crippen molar-refractivity contribution in [3.63, 3.8) is 0 Å². The highest BCUT2D eigenvalue weighted by Gasteiger charge is 1.82. The third-order valence-corrected chi connectivity index (χ3v) is 1.07. The molecule has 0 aromatic carbocycles. The van der Waals surface area contributed by atoms with Crippen molar-refractivity contribution in [2.45, 2.75) is 0 Å². The maximum absolute atomic E-state index is 7.93. The number of nitrogens with zero attached hydrogens (tertiary/aromatic N) is 4. The van der Waals surface area contributed by atoms with Crippen LogP contribution < -0.4 is 0 Å². The first-order valence-electron chi connectivity index (χ1n) is 3.09. The van der Waals surface area contributed by atoms with Crippen LogP contribution in [0.1, 0.15) is 5.69 Å². The minimum atomic E-state index is 0.371. The Bertz CT molecular complexity index is 267. The molecule has 11 heavy (non-hydrogen) atoms. The Morgan fingerprint density at radius 1 is 1.82 bits per heavy atom. The van der Waals surface area contributed by atoms with Crippen LogP contribution in [0.4, 0.5) is 0 Å². The van der Waals surface area contributed by atoms with Gasteiger partial charge in [-0.3, -0.25) is 0 Å². The van der Waals surface area contributed by atoms with Gasteiger partial charge in [0.15, 0.2) is 0 Å². The number of hydrogen-bond acceptors (Lipinski definition) is 2. The molecule has 0 aliphatic carbocycles. The molecule has 0 saturated heterocycles. The summed E-state index contributed by atoms with van der Waals surface area (Å²) in [7, 11) is 0. The van der Waals surface area contributed by atoms with E-state index in [9.17, 15) is 0 Å². The van der Waals surface area contributed by atoms with Crippen molar-refractivity contribution in [1.82, 2.24) is 9.97 Å². The lowest BCUT2D eigenvalue weighted by atomic mass is 10.4. The summed E-state index contributed by atoms with van der Waals surface area (Å²) >= 11 is 0. The van der Waals surface area contributed by atoms with Crippen molar-refractivity contribution >= 4 is 6.08 Å². The first-order chi connectivity index (χ1) is 5.43. The standard InChI is InChI=1S/C6H7N5/c7-11-10-3-1-2-6-4-8-5-9-6/h1-2,4-5H,3H2,(H,8,9). The second-order valence-corrected chi connectivity index (χ2v) is 1.82. The van der Waals surface area contributed by atoms with Crippen molar-refractivity contribution < 1.29 is 0 Å². The van der Waals surface area contributed by atoms with Crippen LogP contribution in [-0.4, -0.2) is 16.5 Å². The van der Waals surface area contributed by atoms with Gasteiger partial charge >= 0.3 is 0 Å². The molecule has 0 bridgehead atoms. The quantitative estimate of drug-likeness (QED) is 0.396. The lowest BCUT2D eigenvalue weighted by Gasteiger charge is -1.79. The Morgan fingerprint density at radius 3 is 3.36 bits per heavy atom. The van der Waals surface area contributed by atoms with Crippen molar-refractivity contribution in [2.24, 2.45) is 5.11 Å². The lowest BCUT2D eigenvalue weighted by Crippen LogP contribution is -1.70. The van der Waals surface area contributed by atoms with Crippen LogP contribution in [0.3, 0.4) is 0 Å². The normalized spacial score (nSPS) is 9.82. The highest BCUT2D eigenvalue weighted by Crippen LogP contribution is 1.93. The number of imidazole rings is 1. The maximum atomic E-state index is 7.93. The van der Waals surface area contributed by atoms with E-state index in [0.717, 1.165) is 5.69 Å². The SMILES string of the molecule is [N-]=[N+]=NCC=Cc1cnc[nH]1. The Labute approximate surface area is 63.4 Å². The van der Waals surface area contributed by atoms with Gasteiger partial charge < -0.3 is 4.98 Å². The average molecular weight is 149 g/mol. The molecule has 1 aromatic heterocycles. The second kappa shape index (κ2) is 4.14. The highest BCUT2D eigenvalue weighted by atomic mass is 15.1. The molecule has 0 fully saturated rings. The molecule has 0 saturated carbocycles. The van der Waals surface area contributed by atoms with E-state index in [2.05, 4.69) is 20.0 Å². The van der Waals surface area contributed by atoms with E-state index in [1.54, 1.807) is 18.6 Å². The molecule has 0 amide bonds. The molecule has 1 aromatic rings. The van der Waals surface area contributed by atoms with Crippen molar-refractivity contribution in [3.8, 4) is 0 Å². The summed E-state index contributed by atoms with van der Waals surface area (Å²) in [5.74, 6) is 0. The molecular formula is C6H7N5. The fourth-order valence-corrected chi connectivity index (χ4v) is 0.621. The third kappa shape index (κ3) is 2.55. The summed E-state index contributed by atoms with van der Waals surface area (Å²) in [4.78, 5) is 9.29. The number of nitrogens with one attached hydrogen (secondary N) is 1. The van der Waals surface area contributed by atoms with Crippen molar-refractivity contribution in [3.05, 3.63) is 34.7 Å². The van der Waals surface area contributed by atoms with Gasteiger partial charge in [-0.2, -0.15) is 0 Å². The number of aromatic nitrogens is 2. The van der Waals surface area contributed by atoms with Gasteiger partial charge in [-0.1, -0.05) is 11.2 Å². The summed E-state index contributed by atoms with van der Waals surface area (Å²) in [6.45, 7) is 0.371. The zero-order chi connectivity index (χ0) is 7.94. The minimum absolute atomic E-state index is 0.371. The molecule has 1 N–H and O–H groups in total. The summed E-state index contributed by atoms with van der Waals surface area (Å²) in [6.07, 6.45) is 6.84. The van der Waals surface area contributed by atoms with E-state index in [4.69, 9.17) is 5.53 Å². The summed E-state index contributed by atoms with van der Waals surface area (Å²) < 4.78 is 0. The number of azide groups is 1. The van der Waals surface area contributed by atoms with Gasteiger partial charge in [-0.05, 0) is 11.6 Å². The molecule has 5 heteroatoms. The van der Waals surface area contributed by atoms with Crippen LogP contribution in [-0.2, 0) is 0 Å². The minimum Gasteiger partial charge on any atom is -0.345 e. The first kappa shape index (κ1) is 7.37. The number of aromatic amines is 1. The Balaban J connectivity index is 2.42. The molecule has 5 nitrogen and oxygen atoms in total. The van der Waals surface area contributed by atoms with Gasteiger partial charge in [-0.15, -0.1) is 0 Å². The van der Waals surface area contributed by atoms with E-state index < -0.39 is 0 Å². The highest BCUT2D eigenvalue weighted by molar-refractivity contribution is 5.42. The average Bonchev–Trinajstić information content (AvgIpc) is 2.50. The van der Waals surface area contributed by atoms with Crippen LogP contribution in [0.25, 0.3) is 16.5 Å². The molecule has 1 heterocycles. The molecule has 0 aliphatic heterocycles. The molecule has 1 rings (SSSR count). The molecule has 0 spiro atoms. The number of H-pyrrole nitrogens is 1. The predicted octanol–water partition coefficient (Wildman–Crippen LogP) is 1.73. The fourth-order valence-electron chi connectivity index (χ4n) is 0.621. The lowest BCUT2D eigenvalue weighted by molar-refractivity contribution is 1.22. The van der Waals surface area contributed by atoms with E-state index >= 15 is 0 Å². The summed E-state index contributed by atoms with van der Waals surface area (Å²) in [6, 6.07) is 0. The van der Waals surface area contributed by atoms with E-state index in [1.807, 2.05) is 6.08 Å². The van der Waals surface area contributed by atoms with Gasteiger partial charge in [0.25, 0.3) is 0 Å². The number of hydrogen-bond donors (Lipinski definition) is 1. The van der Waals surface area contributed by atoms with Crippen LogP contribution in [0.5, 0.6) is 0 Å². The first-order valence-corrected chi connectivity index (χ1v) is 3.09. The molecule has 0 radical (unpaired) electrons. The fraction of sp³-hybridized carbons (Fsp3) is 0.167. The molecular weight excluding hydrogens is 142 g/mol. The largest absolute Gasteiger partial charge is 0.345 e. The monoisotopic (exact) mass is 149 g/mol. The van der Waals surface area contributed by atoms with Crippen molar-refractivity contribution in [1.29, 1.82) is 0 Å². The van der Waals surface area contributed by atoms with E-state index in [-0.39, 0.29) is 0 Å². The summed E-state index contributed by atoms with van der Waals surface area (Å²) in [5, 5.41) is 3.33. The molecule has 56 valence electrons. The number of rotatable bonds is 3. The Hall–Kier alpha value is -1.74. The van der Waals surface area contributed by atoms with Gasteiger partial charge in [0.1, 0.15) is 0 Å². The zero-order valence-corrected chi connectivity index (χ0v) is 5.81. The second-order valence-electron chi connectivity index (χ2n) is 1.82. The van der Waals surface area contributed by atoms with Gasteiger partial charge in [0.2, 0.25) is 0 Å². The molecule has 0 atom stereocenters. The smallest absolute Gasteiger partial charge is 0.0924 e. The van der Waals surface area contributed by atoms with Gasteiger partial charge in [-0.25, -0.2) is 4.98 Å². The van der Waals surface area contributed by atoms with E-state index in [0.29, 0.717) is 6.54 Å². The van der Waals surface area contributed by atoms with E-state index in [1.165, 1.54) is 0 Å². The zero-order valence-electron chi connectivity index (χ0n) is 5.81. The van der Waals surface area contributed by atoms with Crippen LogP contribution >= 0.6 is 0 Å². The summed E-state index contributed by atoms with van der Waals surface area (Å²) in [5.41, 5.74) is 8.83. The Morgan fingerprint density at radius 2 is 2.73 bits per heavy atom. The predicted molar refractivity (Wildman–Crippen MR) is 41.6 cm³/mol. The molecule has 0 aliphatic rings. The van der Waals surface area contributed by atoms with Crippen LogP contribution in [0.15, 0.2) is 23.7 Å². The Kier molecular flexibility index (Phi) is 2.77. The van der Waals surface area contributed by atoms with Crippen LogP contribution in [0, 0.1) is 0 Å². The van der Waals surface area contributed by atoms with Crippen LogP contribution in [0.2, 0.25) is 0 Å². The van der Waals surface area contributed by atoms with Gasteiger partial charge in [0, 0.05) is 11.5 Å². The topological polar surface area (TPSA) is 77.4 Å². The molecule has 0 unspecified atom stereocenters. The van der Waals surface area contributed by atoms with Crippen molar-refractivity contribution in [2.75, 3.05) is 6.54 Å².